The predicted molar refractivity (Wildman–Crippen MR) is 84.0 cm³/mol. The Labute approximate surface area is 126 Å². The van der Waals surface area contributed by atoms with Crippen LogP contribution in [0.1, 0.15) is 12.5 Å². The fourth-order valence-corrected chi connectivity index (χ4v) is 2.68. The topological polar surface area (TPSA) is 89.1 Å². The van der Waals surface area contributed by atoms with Gasteiger partial charge in [0, 0.05) is 30.6 Å². The van der Waals surface area contributed by atoms with Crippen LogP contribution in [0.4, 0.5) is 5.69 Å². The first-order valence-electron chi connectivity index (χ1n) is 6.37. The summed E-state index contributed by atoms with van der Waals surface area (Å²) >= 11 is 1.52. The standard InChI is InChI=1S/C13H16N4O3S/c1-9(7-20-2)14-13-16-15-12(8-21-13)10-4-3-5-11(6-10)17(18)19/h3-6,9H,7-8H2,1-2H3,(H,14,16)/t9-/m1/s1. The minimum atomic E-state index is -0.410. The first-order valence-corrected chi connectivity index (χ1v) is 7.35. The average Bonchev–Trinajstić information content (AvgIpc) is 2.48. The Hall–Kier alpha value is -1.93. The molecule has 1 aromatic carbocycles. The van der Waals surface area contributed by atoms with Crippen molar-refractivity contribution < 1.29 is 9.66 Å². The molecule has 1 heterocycles. The van der Waals surface area contributed by atoms with Crippen LogP contribution in [0.15, 0.2) is 34.4 Å². The number of nitro groups is 1. The molecule has 1 atom stereocenters. The summed E-state index contributed by atoms with van der Waals surface area (Å²) in [5.74, 6) is 0.618. The molecule has 0 bridgehead atoms. The molecule has 1 aromatic rings. The van der Waals surface area contributed by atoms with Gasteiger partial charge in [0.1, 0.15) is 0 Å². The van der Waals surface area contributed by atoms with E-state index in [-0.39, 0.29) is 11.7 Å². The lowest BCUT2D eigenvalue weighted by Crippen LogP contribution is -2.27. The number of benzene rings is 1. The van der Waals surface area contributed by atoms with Gasteiger partial charge in [0.25, 0.3) is 5.69 Å². The lowest BCUT2D eigenvalue weighted by atomic mass is 10.1. The van der Waals surface area contributed by atoms with Gasteiger partial charge in [-0.1, -0.05) is 23.9 Å². The van der Waals surface area contributed by atoms with Crippen molar-refractivity contribution >= 4 is 28.3 Å². The molecule has 1 N–H and O–H groups in total. The molecule has 0 saturated heterocycles. The summed E-state index contributed by atoms with van der Waals surface area (Å²) in [4.78, 5) is 14.8. The zero-order valence-corrected chi connectivity index (χ0v) is 12.6. The van der Waals surface area contributed by atoms with Crippen molar-refractivity contribution in [1.29, 1.82) is 0 Å². The Balaban J connectivity index is 2.09. The highest BCUT2D eigenvalue weighted by Gasteiger charge is 2.16. The predicted octanol–water partition coefficient (Wildman–Crippen LogP) is 2.03. The van der Waals surface area contributed by atoms with Crippen LogP contribution in [0.2, 0.25) is 0 Å². The zero-order chi connectivity index (χ0) is 15.2. The Kier molecular flexibility index (Phi) is 5.29. The number of nitrogens with one attached hydrogen (secondary N) is 1. The van der Waals surface area contributed by atoms with Crippen molar-refractivity contribution in [2.75, 3.05) is 19.5 Å². The molecule has 112 valence electrons. The first-order chi connectivity index (χ1) is 10.1. The number of amidine groups is 1. The number of non-ortho nitro benzene ring substituents is 1. The number of rotatable bonds is 5. The Morgan fingerprint density at radius 3 is 3.05 bits per heavy atom. The maximum absolute atomic E-state index is 10.8. The van der Waals surface area contributed by atoms with Gasteiger partial charge in [0.15, 0.2) is 5.17 Å². The van der Waals surface area contributed by atoms with Gasteiger partial charge in [-0.15, -0.1) is 0 Å². The molecule has 0 amide bonds. The molecule has 21 heavy (non-hydrogen) atoms. The molecule has 0 fully saturated rings. The second kappa shape index (κ2) is 7.19. The molecule has 0 aliphatic carbocycles. The number of nitro benzene ring substituents is 1. The molecule has 1 aliphatic heterocycles. The summed E-state index contributed by atoms with van der Waals surface area (Å²) in [5, 5.41) is 15.8. The van der Waals surface area contributed by atoms with E-state index in [1.807, 2.05) is 13.0 Å². The van der Waals surface area contributed by atoms with E-state index in [9.17, 15) is 10.1 Å². The Bertz CT molecular complexity index is 589. The third-order valence-corrected chi connectivity index (χ3v) is 3.66. The number of hydrogen-bond donors (Lipinski definition) is 1. The van der Waals surface area contributed by atoms with Crippen LogP contribution in [-0.4, -0.2) is 41.3 Å². The summed E-state index contributed by atoms with van der Waals surface area (Å²) in [5.41, 5.74) is 4.45. The van der Waals surface area contributed by atoms with Gasteiger partial charge < -0.3 is 4.74 Å². The van der Waals surface area contributed by atoms with Gasteiger partial charge >= 0.3 is 0 Å². The summed E-state index contributed by atoms with van der Waals surface area (Å²) in [6.07, 6.45) is 0. The molecule has 1 aliphatic rings. The summed E-state index contributed by atoms with van der Waals surface area (Å²) in [6, 6.07) is 6.51. The summed E-state index contributed by atoms with van der Waals surface area (Å²) in [7, 11) is 1.64. The van der Waals surface area contributed by atoms with Gasteiger partial charge in [-0.2, -0.15) is 5.10 Å². The van der Waals surface area contributed by atoms with E-state index in [0.29, 0.717) is 12.4 Å². The number of hydrazone groups is 1. The highest BCUT2D eigenvalue weighted by atomic mass is 32.2. The molecule has 0 radical (unpaired) electrons. The van der Waals surface area contributed by atoms with Crippen LogP contribution in [-0.2, 0) is 4.74 Å². The fraction of sp³-hybridized carbons (Fsp3) is 0.385. The highest BCUT2D eigenvalue weighted by molar-refractivity contribution is 8.14. The third-order valence-electron chi connectivity index (χ3n) is 2.77. The highest BCUT2D eigenvalue weighted by Crippen LogP contribution is 2.18. The smallest absolute Gasteiger partial charge is 0.270 e. The third kappa shape index (κ3) is 4.27. The van der Waals surface area contributed by atoms with E-state index < -0.39 is 4.92 Å². The number of thioether (sulfide) groups is 1. The second-order valence-corrected chi connectivity index (χ2v) is 5.47. The molecule has 0 aromatic heterocycles. The lowest BCUT2D eigenvalue weighted by Gasteiger charge is -2.16. The van der Waals surface area contributed by atoms with E-state index in [0.717, 1.165) is 16.4 Å². The Morgan fingerprint density at radius 2 is 2.43 bits per heavy atom. The number of hydrogen-bond acceptors (Lipinski definition) is 6. The maximum atomic E-state index is 10.8. The number of methoxy groups -OCH3 is 1. The van der Waals surface area contributed by atoms with Crippen LogP contribution >= 0.6 is 11.8 Å². The largest absolute Gasteiger partial charge is 0.382 e. The van der Waals surface area contributed by atoms with Crippen LogP contribution < -0.4 is 5.43 Å². The van der Waals surface area contributed by atoms with E-state index >= 15 is 0 Å². The average molecular weight is 308 g/mol. The van der Waals surface area contributed by atoms with Crippen molar-refractivity contribution in [3.8, 4) is 0 Å². The SMILES string of the molecule is COC[C@@H](C)N=C1NN=C(c2cccc([N+](=O)[O-])c2)CS1. The zero-order valence-electron chi connectivity index (χ0n) is 11.8. The molecular weight excluding hydrogens is 292 g/mol. The monoisotopic (exact) mass is 308 g/mol. The molecular formula is C13H16N4O3S. The van der Waals surface area contributed by atoms with Crippen molar-refractivity contribution in [2.45, 2.75) is 13.0 Å². The van der Waals surface area contributed by atoms with E-state index in [2.05, 4.69) is 15.5 Å². The maximum Gasteiger partial charge on any atom is 0.270 e. The van der Waals surface area contributed by atoms with E-state index in [1.165, 1.54) is 23.9 Å². The van der Waals surface area contributed by atoms with Gasteiger partial charge in [-0.25, -0.2) is 0 Å². The molecule has 0 unspecified atom stereocenters. The summed E-state index contributed by atoms with van der Waals surface area (Å²) in [6.45, 7) is 2.51. The molecule has 8 heteroatoms. The fourth-order valence-electron chi connectivity index (χ4n) is 1.81. The summed E-state index contributed by atoms with van der Waals surface area (Å²) < 4.78 is 5.03. The van der Waals surface area contributed by atoms with Crippen LogP contribution in [0.5, 0.6) is 0 Å². The van der Waals surface area contributed by atoms with E-state index in [4.69, 9.17) is 4.74 Å². The minimum Gasteiger partial charge on any atom is -0.382 e. The van der Waals surface area contributed by atoms with Crippen molar-refractivity contribution in [3.05, 3.63) is 39.9 Å². The van der Waals surface area contributed by atoms with Crippen molar-refractivity contribution in [2.24, 2.45) is 10.1 Å². The lowest BCUT2D eigenvalue weighted by molar-refractivity contribution is -0.384. The van der Waals surface area contributed by atoms with Crippen LogP contribution in [0.3, 0.4) is 0 Å². The van der Waals surface area contributed by atoms with Crippen LogP contribution in [0, 0.1) is 10.1 Å². The van der Waals surface area contributed by atoms with Gasteiger partial charge in [0.05, 0.1) is 23.3 Å². The molecule has 7 nitrogen and oxygen atoms in total. The normalized spacial score (nSPS) is 18.0. The molecule has 0 saturated carbocycles. The molecule has 2 rings (SSSR count). The van der Waals surface area contributed by atoms with Crippen molar-refractivity contribution in [3.63, 3.8) is 0 Å². The number of ether oxygens (including phenoxy) is 1. The van der Waals surface area contributed by atoms with E-state index in [1.54, 1.807) is 13.2 Å². The van der Waals surface area contributed by atoms with Gasteiger partial charge in [0.2, 0.25) is 0 Å². The quantitative estimate of drug-likeness (QED) is 0.664. The molecule has 0 spiro atoms. The van der Waals surface area contributed by atoms with Crippen LogP contribution in [0.25, 0.3) is 0 Å². The van der Waals surface area contributed by atoms with Gasteiger partial charge in [-0.05, 0) is 6.92 Å². The number of aliphatic imine (C=N–C) groups is 1. The Morgan fingerprint density at radius 1 is 1.62 bits per heavy atom. The first kappa shape index (κ1) is 15.5. The number of nitrogens with zero attached hydrogens (tertiary/aromatic N) is 3. The minimum absolute atomic E-state index is 0.0552. The van der Waals surface area contributed by atoms with Crippen molar-refractivity contribution in [1.82, 2.24) is 5.43 Å². The van der Waals surface area contributed by atoms with Gasteiger partial charge in [-0.3, -0.25) is 20.5 Å². The second-order valence-electron chi connectivity index (χ2n) is 4.51.